The lowest BCUT2D eigenvalue weighted by molar-refractivity contribution is 0.0948. The molecule has 5 nitrogen and oxygen atoms in total. The summed E-state index contributed by atoms with van der Waals surface area (Å²) in [6.45, 7) is 4.75. The molecule has 0 saturated heterocycles. The number of anilines is 1. The molecule has 0 aliphatic heterocycles. The predicted octanol–water partition coefficient (Wildman–Crippen LogP) is 3.43. The number of nitrogens with zero attached hydrogens (tertiary/aromatic N) is 1. The highest BCUT2D eigenvalue weighted by atomic mass is 16.2. The van der Waals surface area contributed by atoms with Crippen LogP contribution in [0.25, 0.3) is 0 Å². The van der Waals surface area contributed by atoms with Gasteiger partial charge < -0.3 is 10.6 Å². The highest BCUT2D eigenvalue weighted by Gasteiger charge is 2.11. The minimum absolute atomic E-state index is 0.250. The van der Waals surface area contributed by atoms with Gasteiger partial charge in [0.25, 0.3) is 11.8 Å². The van der Waals surface area contributed by atoms with E-state index in [-0.39, 0.29) is 17.5 Å². The van der Waals surface area contributed by atoms with Gasteiger partial charge in [0.05, 0.1) is 0 Å². The second-order valence-corrected chi connectivity index (χ2v) is 5.54. The summed E-state index contributed by atoms with van der Waals surface area (Å²) < 4.78 is 0. The van der Waals surface area contributed by atoms with Crippen LogP contribution in [0.15, 0.2) is 42.6 Å². The van der Waals surface area contributed by atoms with E-state index in [1.165, 1.54) is 17.8 Å². The highest BCUT2D eigenvalue weighted by molar-refractivity contribution is 6.05. The molecule has 0 aliphatic carbocycles. The molecule has 24 heavy (non-hydrogen) atoms. The molecule has 2 amide bonds. The molecular formula is C19H23N3O2. The molecule has 5 heteroatoms. The number of amides is 2. The lowest BCUT2D eigenvalue weighted by atomic mass is 10.1. The van der Waals surface area contributed by atoms with Crippen molar-refractivity contribution in [1.29, 1.82) is 0 Å². The van der Waals surface area contributed by atoms with Crippen molar-refractivity contribution < 1.29 is 9.59 Å². The average molecular weight is 325 g/mol. The maximum absolute atomic E-state index is 12.3. The number of aryl methyl sites for hydroxylation is 1. The molecule has 0 radical (unpaired) electrons. The zero-order valence-corrected chi connectivity index (χ0v) is 14.1. The van der Waals surface area contributed by atoms with Gasteiger partial charge in [0.2, 0.25) is 0 Å². The van der Waals surface area contributed by atoms with Crippen LogP contribution in [0, 0.1) is 0 Å². The van der Waals surface area contributed by atoms with Crippen molar-refractivity contribution in [2.75, 3.05) is 11.9 Å². The summed E-state index contributed by atoms with van der Waals surface area (Å²) in [6, 6.07) is 10.8. The Morgan fingerprint density at radius 2 is 1.79 bits per heavy atom. The van der Waals surface area contributed by atoms with Crippen LogP contribution in [0.3, 0.4) is 0 Å². The van der Waals surface area contributed by atoms with E-state index >= 15 is 0 Å². The monoisotopic (exact) mass is 325 g/mol. The molecule has 0 aliphatic rings. The fourth-order valence-electron chi connectivity index (χ4n) is 2.19. The first-order valence-corrected chi connectivity index (χ1v) is 8.28. The van der Waals surface area contributed by atoms with Crippen molar-refractivity contribution in [2.45, 2.75) is 33.1 Å². The zero-order valence-electron chi connectivity index (χ0n) is 14.1. The zero-order chi connectivity index (χ0) is 17.4. The van der Waals surface area contributed by atoms with E-state index in [0.29, 0.717) is 12.1 Å². The topological polar surface area (TPSA) is 71.1 Å². The summed E-state index contributed by atoms with van der Waals surface area (Å²) in [7, 11) is 0. The first-order valence-electron chi connectivity index (χ1n) is 8.28. The van der Waals surface area contributed by atoms with Crippen LogP contribution < -0.4 is 10.6 Å². The van der Waals surface area contributed by atoms with Gasteiger partial charge >= 0.3 is 0 Å². The van der Waals surface area contributed by atoms with Crippen molar-refractivity contribution in [3.05, 3.63) is 59.4 Å². The first kappa shape index (κ1) is 17.7. The summed E-state index contributed by atoms with van der Waals surface area (Å²) >= 11 is 0. The Labute approximate surface area is 142 Å². The third kappa shape index (κ3) is 4.91. The van der Waals surface area contributed by atoms with Gasteiger partial charge in [-0.2, -0.15) is 0 Å². The number of hydrogen-bond acceptors (Lipinski definition) is 3. The van der Waals surface area contributed by atoms with Crippen LogP contribution in [0.4, 0.5) is 5.69 Å². The summed E-state index contributed by atoms with van der Waals surface area (Å²) in [5, 5.41) is 5.62. The van der Waals surface area contributed by atoms with E-state index in [9.17, 15) is 9.59 Å². The van der Waals surface area contributed by atoms with Crippen molar-refractivity contribution in [2.24, 2.45) is 0 Å². The van der Waals surface area contributed by atoms with Gasteiger partial charge in [-0.25, -0.2) is 0 Å². The van der Waals surface area contributed by atoms with E-state index in [4.69, 9.17) is 0 Å². The van der Waals surface area contributed by atoms with E-state index in [1.807, 2.05) is 24.3 Å². The maximum Gasteiger partial charge on any atom is 0.269 e. The Morgan fingerprint density at radius 1 is 1.04 bits per heavy atom. The molecule has 2 rings (SSSR count). The lowest BCUT2D eigenvalue weighted by Crippen LogP contribution is -2.25. The van der Waals surface area contributed by atoms with Crippen LogP contribution in [0.2, 0.25) is 0 Å². The molecule has 2 aromatic rings. The maximum atomic E-state index is 12.3. The third-order valence-corrected chi connectivity index (χ3v) is 3.69. The van der Waals surface area contributed by atoms with Gasteiger partial charge in [0.1, 0.15) is 5.69 Å². The van der Waals surface area contributed by atoms with Crippen LogP contribution in [0.5, 0.6) is 0 Å². The standard InChI is InChI=1S/C19H23N3O2/c1-3-5-11-21-19(24)17-13-15(10-12-20-17)18(23)22-16-8-6-14(4-2)7-9-16/h6-10,12-13H,3-5,11H2,1-2H3,(H,21,24)(H,22,23). The summed E-state index contributed by atoms with van der Waals surface area (Å²) in [6.07, 6.45) is 4.35. The van der Waals surface area contributed by atoms with Gasteiger partial charge in [0.15, 0.2) is 0 Å². The van der Waals surface area contributed by atoms with Gasteiger partial charge in [-0.05, 0) is 42.7 Å². The largest absolute Gasteiger partial charge is 0.351 e. The average Bonchev–Trinajstić information content (AvgIpc) is 2.62. The van der Waals surface area contributed by atoms with Crippen molar-refractivity contribution in [3.8, 4) is 0 Å². The Hall–Kier alpha value is -2.69. The number of carbonyl (C=O) groups is 2. The van der Waals surface area contributed by atoms with Crippen LogP contribution in [0.1, 0.15) is 53.1 Å². The summed E-state index contributed by atoms with van der Waals surface area (Å²) in [5.41, 5.74) is 2.59. The van der Waals surface area contributed by atoms with Crippen molar-refractivity contribution in [3.63, 3.8) is 0 Å². The summed E-state index contributed by atoms with van der Waals surface area (Å²) in [4.78, 5) is 28.4. The number of carbonyl (C=O) groups excluding carboxylic acids is 2. The predicted molar refractivity (Wildman–Crippen MR) is 95.3 cm³/mol. The number of rotatable bonds is 7. The van der Waals surface area contributed by atoms with Crippen molar-refractivity contribution >= 4 is 17.5 Å². The van der Waals surface area contributed by atoms with Gasteiger partial charge in [-0.3, -0.25) is 14.6 Å². The summed E-state index contributed by atoms with van der Waals surface area (Å²) in [5.74, 6) is -0.519. The quantitative estimate of drug-likeness (QED) is 0.766. The molecule has 0 bridgehead atoms. The number of unbranched alkanes of at least 4 members (excludes halogenated alkanes) is 1. The van der Waals surface area contributed by atoms with Crippen LogP contribution in [-0.4, -0.2) is 23.3 Å². The minimum atomic E-state index is -0.260. The van der Waals surface area contributed by atoms with Gasteiger partial charge in [0, 0.05) is 24.0 Å². The van der Waals surface area contributed by atoms with Gasteiger partial charge in [-0.1, -0.05) is 32.4 Å². The molecule has 1 aromatic heterocycles. The van der Waals surface area contributed by atoms with Crippen LogP contribution >= 0.6 is 0 Å². The minimum Gasteiger partial charge on any atom is -0.351 e. The number of hydrogen-bond donors (Lipinski definition) is 2. The molecule has 126 valence electrons. The normalized spacial score (nSPS) is 10.2. The van der Waals surface area contributed by atoms with E-state index < -0.39 is 0 Å². The Bertz CT molecular complexity index is 696. The molecule has 0 atom stereocenters. The SMILES string of the molecule is CCCCNC(=O)c1cc(C(=O)Nc2ccc(CC)cc2)ccn1. The van der Waals surface area contributed by atoms with E-state index in [1.54, 1.807) is 6.07 Å². The number of pyridine rings is 1. The molecule has 0 unspecified atom stereocenters. The molecule has 0 fully saturated rings. The third-order valence-electron chi connectivity index (χ3n) is 3.69. The Morgan fingerprint density at radius 3 is 2.46 bits per heavy atom. The molecule has 0 saturated carbocycles. The lowest BCUT2D eigenvalue weighted by Gasteiger charge is -2.08. The molecule has 1 heterocycles. The van der Waals surface area contributed by atoms with Crippen LogP contribution in [-0.2, 0) is 6.42 Å². The number of nitrogens with one attached hydrogen (secondary N) is 2. The fraction of sp³-hybridized carbons (Fsp3) is 0.316. The van der Waals surface area contributed by atoms with E-state index in [2.05, 4.69) is 29.5 Å². The first-order chi connectivity index (χ1) is 11.6. The van der Waals surface area contributed by atoms with E-state index in [0.717, 1.165) is 24.9 Å². The highest BCUT2D eigenvalue weighted by Crippen LogP contribution is 2.12. The second-order valence-electron chi connectivity index (χ2n) is 5.54. The Kier molecular flexibility index (Phi) is 6.49. The Balaban J connectivity index is 2.03. The molecule has 2 N–H and O–H groups in total. The second kappa shape index (κ2) is 8.82. The smallest absolute Gasteiger partial charge is 0.269 e. The molecule has 1 aromatic carbocycles. The fourth-order valence-corrected chi connectivity index (χ4v) is 2.19. The molecular weight excluding hydrogens is 302 g/mol. The van der Waals surface area contributed by atoms with Crippen molar-refractivity contribution in [1.82, 2.24) is 10.3 Å². The number of aromatic nitrogens is 1. The molecule has 0 spiro atoms. The number of benzene rings is 1. The van der Waals surface area contributed by atoms with Gasteiger partial charge in [-0.15, -0.1) is 0 Å².